The van der Waals surface area contributed by atoms with Crippen molar-refractivity contribution in [1.82, 2.24) is 0 Å². The molecular formula is C13H9Br3O2. The van der Waals surface area contributed by atoms with Gasteiger partial charge in [0.25, 0.3) is 0 Å². The molecule has 2 rings (SSSR count). The average molecular weight is 437 g/mol. The van der Waals surface area contributed by atoms with Crippen molar-refractivity contribution in [3.8, 4) is 11.5 Å². The second kappa shape index (κ2) is 6.19. The Morgan fingerprint density at radius 2 is 1.50 bits per heavy atom. The van der Waals surface area contributed by atoms with E-state index in [9.17, 15) is 5.11 Å². The highest BCUT2D eigenvalue weighted by Crippen LogP contribution is 2.34. The molecular weight excluding hydrogens is 428 g/mol. The number of hydrogen-bond donors (Lipinski definition) is 1. The lowest BCUT2D eigenvalue weighted by atomic mass is 10.2. The number of aliphatic hydroxyl groups is 1. The fraction of sp³-hybridized carbons (Fsp3) is 0.0769. The first-order valence-corrected chi connectivity index (χ1v) is 7.50. The van der Waals surface area contributed by atoms with Crippen LogP contribution in [0.3, 0.4) is 0 Å². The van der Waals surface area contributed by atoms with Crippen LogP contribution in [-0.4, -0.2) is 5.11 Å². The molecule has 0 fully saturated rings. The zero-order valence-electron chi connectivity index (χ0n) is 9.16. The molecule has 0 bridgehead atoms. The van der Waals surface area contributed by atoms with Crippen molar-refractivity contribution in [1.29, 1.82) is 0 Å². The van der Waals surface area contributed by atoms with Crippen molar-refractivity contribution < 1.29 is 9.84 Å². The van der Waals surface area contributed by atoms with Crippen LogP contribution in [0.15, 0.2) is 49.8 Å². The molecule has 0 aliphatic rings. The van der Waals surface area contributed by atoms with Crippen LogP contribution in [0.4, 0.5) is 0 Å². The smallest absolute Gasteiger partial charge is 0.141 e. The molecule has 94 valence electrons. The van der Waals surface area contributed by atoms with Gasteiger partial charge in [-0.15, -0.1) is 0 Å². The molecule has 2 nitrogen and oxygen atoms in total. The molecule has 5 heteroatoms. The number of benzene rings is 2. The maximum absolute atomic E-state index is 9.31. The maximum Gasteiger partial charge on any atom is 0.141 e. The van der Waals surface area contributed by atoms with E-state index in [0.29, 0.717) is 11.5 Å². The van der Waals surface area contributed by atoms with E-state index in [4.69, 9.17) is 4.74 Å². The van der Waals surface area contributed by atoms with Crippen molar-refractivity contribution in [2.75, 3.05) is 0 Å². The molecule has 0 saturated heterocycles. The van der Waals surface area contributed by atoms with Gasteiger partial charge in [-0.2, -0.15) is 0 Å². The van der Waals surface area contributed by atoms with Gasteiger partial charge in [-0.1, -0.05) is 31.9 Å². The Morgan fingerprint density at radius 1 is 0.889 bits per heavy atom. The van der Waals surface area contributed by atoms with E-state index in [1.807, 2.05) is 36.4 Å². The van der Waals surface area contributed by atoms with E-state index in [0.717, 1.165) is 19.0 Å². The lowest BCUT2D eigenvalue weighted by Crippen LogP contribution is -1.92. The largest absolute Gasteiger partial charge is 0.456 e. The predicted octanol–water partition coefficient (Wildman–Crippen LogP) is 5.26. The van der Waals surface area contributed by atoms with Crippen LogP contribution in [0.1, 0.15) is 5.56 Å². The van der Waals surface area contributed by atoms with E-state index in [-0.39, 0.29) is 6.61 Å². The molecule has 2 aromatic carbocycles. The topological polar surface area (TPSA) is 29.5 Å². The van der Waals surface area contributed by atoms with E-state index in [1.165, 1.54) is 0 Å². The third-order valence-electron chi connectivity index (χ3n) is 2.31. The highest BCUT2D eigenvalue weighted by atomic mass is 79.9. The highest BCUT2D eigenvalue weighted by molar-refractivity contribution is 9.11. The molecule has 0 saturated carbocycles. The Morgan fingerprint density at radius 3 is 2.11 bits per heavy atom. The average Bonchev–Trinajstić information content (AvgIpc) is 2.34. The van der Waals surface area contributed by atoms with Gasteiger partial charge in [0.05, 0.1) is 11.1 Å². The van der Waals surface area contributed by atoms with Crippen LogP contribution in [0.25, 0.3) is 0 Å². The minimum atomic E-state index is -0.0665. The SMILES string of the molecule is OCc1cc(Br)ccc1Oc1ccc(Br)cc1Br. The molecule has 0 unspecified atom stereocenters. The monoisotopic (exact) mass is 434 g/mol. The molecule has 0 amide bonds. The van der Waals surface area contributed by atoms with Crippen molar-refractivity contribution in [3.05, 3.63) is 55.4 Å². The zero-order valence-corrected chi connectivity index (χ0v) is 13.9. The van der Waals surface area contributed by atoms with Crippen LogP contribution >= 0.6 is 47.8 Å². The molecule has 0 spiro atoms. The molecule has 0 heterocycles. The van der Waals surface area contributed by atoms with Crippen molar-refractivity contribution in [2.45, 2.75) is 6.61 Å². The number of halogens is 3. The summed E-state index contributed by atoms with van der Waals surface area (Å²) in [5, 5.41) is 9.31. The number of aliphatic hydroxyl groups excluding tert-OH is 1. The zero-order chi connectivity index (χ0) is 13.1. The number of hydrogen-bond acceptors (Lipinski definition) is 2. The van der Waals surface area contributed by atoms with Gasteiger partial charge in [-0.05, 0) is 52.3 Å². The Bertz CT molecular complexity index is 570. The van der Waals surface area contributed by atoms with Gasteiger partial charge in [0, 0.05) is 14.5 Å². The Hall–Kier alpha value is -0.360. The second-order valence-electron chi connectivity index (χ2n) is 3.59. The first-order chi connectivity index (χ1) is 8.60. The fourth-order valence-electron chi connectivity index (χ4n) is 1.45. The van der Waals surface area contributed by atoms with E-state index >= 15 is 0 Å². The lowest BCUT2D eigenvalue weighted by Gasteiger charge is -2.11. The summed E-state index contributed by atoms with van der Waals surface area (Å²) >= 11 is 10.2. The molecule has 0 radical (unpaired) electrons. The summed E-state index contributed by atoms with van der Waals surface area (Å²) < 4.78 is 8.53. The third-order valence-corrected chi connectivity index (χ3v) is 3.91. The van der Waals surface area contributed by atoms with E-state index in [1.54, 1.807) is 0 Å². The van der Waals surface area contributed by atoms with Gasteiger partial charge in [0.15, 0.2) is 0 Å². The lowest BCUT2D eigenvalue weighted by molar-refractivity contribution is 0.276. The van der Waals surface area contributed by atoms with Gasteiger partial charge in [-0.3, -0.25) is 0 Å². The van der Waals surface area contributed by atoms with Crippen LogP contribution in [0.2, 0.25) is 0 Å². The van der Waals surface area contributed by atoms with Crippen LogP contribution in [0.5, 0.6) is 11.5 Å². The third kappa shape index (κ3) is 3.35. The summed E-state index contributed by atoms with van der Waals surface area (Å²) in [5.41, 5.74) is 0.735. The van der Waals surface area contributed by atoms with Gasteiger partial charge in [-0.25, -0.2) is 0 Å². The summed E-state index contributed by atoms with van der Waals surface area (Å²) in [4.78, 5) is 0. The van der Waals surface area contributed by atoms with Crippen molar-refractivity contribution >= 4 is 47.8 Å². The first-order valence-electron chi connectivity index (χ1n) is 5.12. The molecule has 0 aliphatic heterocycles. The molecule has 2 aromatic rings. The summed E-state index contributed by atoms with van der Waals surface area (Å²) in [5.74, 6) is 1.35. The minimum Gasteiger partial charge on any atom is -0.456 e. The number of rotatable bonds is 3. The van der Waals surface area contributed by atoms with E-state index in [2.05, 4.69) is 47.8 Å². The molecule has 18 heavy (non-hydrogen) atoms. The maximum atomic E-state index is 9.31. The number of ether oxygens (including phenoxy) is 1. The normalized spacial score (nSPS) is 10.4. The van der Waals surface area contributed by atoms with Crippen LogP contribution < -0.4 is 4.74 Å². The molecule has 0 aromatic heterocycles. The van der Waals surface area contributed by atoms with Crippen LogP contribution in [0, 0.1) is 0 Å². The second-order valence-corrected chi connectivity index (χ2v) is 6.27. The quantitative estimate of drug-likeness (QED) is 0.711. The summed E-state index contributed by atoms with van der Waals surface area (Å²) in [6, 6.07) is 11.2. The van der Waals surface area contributed by atoms with Gasteiger partial charge in [0.1, 0.15) is 11.5 Å². The Balaban J connectivity index is 2.33. The standard InChI is InChI=1S/C13H9Br3O2/c14-9-1-3-12(8(5-9)7-17)18-13-4-2-10(15)6-11(13)16/h1-6,17H,7H2. The predicted molar refractivity (Wildman–Crippen MR) is 82.0 cm³/mol. The van der Waals surface area contributed by atoms with Crippen molar-refractivity contribution in [3.63, 3.8) is 0 Å². The summed E-state index contributed by atoms with van der Waals surface area (Å²) in [6.07, 6.45) is 0. The molecule has 0 atom stereocenters. The highest BCUT2D eigenvalue weighted by Gasteiger charge is 2.08. The van der Waals surface area contributed by atoms with E-state index < -0.39 is 0 Å². The molecule has 1 N–H and O–H groups in total. The minimum absolute atomic E-state index is 0.0665. The van der Waals surface area contributed by atoms with Gasteiger partial charge >= 0.3 is 0 Å². The summed E-state index contributed by atoms with van der Waals surface area (Å²) in [7, 11) is 0. The molecule has 0 aliphatic carbocycles. The fourth-order valence-corrected chi connectivity index (χ4v) is 2.98. The van der Waals surface area contributed by atoms with Gasteiger partial charge < -0.3 is 9.84 Å². The Labute approximate surface area is 130 Å². The van der Waals surface area contributed by atoms with Crippen molar-refractivity contribution in [2.24, 2.45) is 0 Å². The summed E-state index contributed by atoms with van der Waals surface area (Å²) in [6.45, 7) is -0.0665. The van der Waals surface area contributed by atoms with Crippen LogP contribution in [-0.2, 0) is 6.61 Å². The first kappa shape index (κ1) is 14.1. The van der Waals surface area contributed by atoms with Gasteiger partial charge in [0.2, 0.25) is 0 Å². The Kier molecular flexibility index (Phi) is 4.84.